The largest absolute Gasteiger partial charge is 0.392 e. The lowest BCUT2D eigenvalue weighted by Crippen LogP contribution is -2.45. The van der Waals surface area contributed by atoms with Crippen molar-refractivity contribution < 1.29 is 14.9 Å². The van der Waals surface area contributed by atoms with Crippen molar-refractivity contribution >= 4 is 0 Å². The Bertz CT molecular complexity index is 219. The van der Waals surface area contributed by atoms with Crippen LogP contribution in [0.1, 0.15) is 26.7 Å². The van der Waals surface area contributed by atoms with Gasteiger partial charge in [0.15, 0.2) is 0 Å². The van der Waals surface area contributed by atoms with Gasteiger partial charge in [-0.05, 0) is 5.92 Å². The van der Waals surface area contributed by atoms with E-state index in [1.165, 1.54) is 0 Å². The van der Waals surface area contributed by atoms with Gasteiger partial charge in [-0.1, -0.05) is 26.7 Å². The van der Waals surface area contributed by atoms with Gasteiger partial charge in [-0.15, -0.1) is 0 Å². The number of aliphatic hydroxyl groups is 2. The number of hydrogen-bond donors (Lipinski definition) is 3. The number of aliphatic hydroxyl groups excluding tert-OH is 2. The van der Waals surface area contributed by atoms with Crippen LogP contribution in [0.15, 0.2) is 0 Å². The molecule has 0 aromatic heterocycles. The molecule has 1 fully saturated rings. The maximum Gasteiger partial charge on any atom is 0.0791 e. The van der Waals surface area contributed by atoms with Gasteiger partial charge < -0.3 is 20.3 Å². The molecule has 0 amide bonds. The zero-order chi connectivity index (χ0) is 14.1. The van der Waals surface area contributed by atoms with Gasteiger partial charge in [-0.25, -0.2) is 0 Å². The van der Waals surface area contributed by atoms with Crippen LogP contribution in [-0.4, -0.2) is 73.3 Å². The van der Waals surface area contributed by atoms with Crippen LogP contribution in [0.2, 0.25) is 0 Å². The molecule has 2 unspecified atom stereocenters. The standard InChI is InChI=1S/C14H30N2O3/c1-3-12(4-2)14(18)10-15-9-13(17)11-16-5-7-19-8-6-16/h12-15,17-18H,3-11H2,1-2H3. The van der Waals surface area contributed by atoms with E-state index in [1.54, 1.807) is 0 Å². The van der Waals surface area contributed by atoms with Crippen LogP contribution >= 0.6 is 0 Å². The fourth-order valence-electron chi connectivity index (χ4n) is 2.54. The highest BCUT2D eigenvalue weighted by atomic mass is 16.5. The number of rotatable bonds is 9. The molecule has 0 saturated carbocycles. The lowest BCUT2D eigenvalue weighted by atomic mass is 9.96. The summed E-state index contributed by atoms with van der Waals surface area (Å²) in [5.74, 6) is 0.351. The predicted molar refractivity (Wildman–Crippen MR) is 76.2 cm³/mol. The van der Waals surface area contributed by atoms with E-state index in [-0.39, 0.29) is 12.2 Å². The lowest BCUT2D eigenvalue weighted by molar-refractivity contribution is 0.0139. The molecule has 0 spiro atoms. The van der Waals surface area contributed by atoms with Crippen LogP contribution in [0, 0.1) is 5.92 Å². The molecule has 3 N–H and O–H groups in total. The van der Waals surface area contributed by atoms with Gasteiger partial charge in [0, 0.05) is 32.7 Å². The zero-order valence-electron chi connectivity index (χ0n) is 12.3. The summed E-state index contributed by atoms with van der Waals surface area (Å²) in [6.07, 6.45) is 1.29. The molecule has 1 saturated heterocycles. The Morgan fingerprint density at radius 1 is 1.11 bits per heavy atom. The fourth-order valence-corrected chi connectivity index (χ4v) is 2.54. The molecular weight excluding hydrogens is 244 g/mol. The van der Waals surface area contributed by atoms with Gasteiger partial charge in [-0.2, -0.15) is 0 Å². The predicted octanol–water partition coefficient (Wildman–Crippen LogP) is 0.0662. The van der Waals surface area contributed by atoms with Crippen LogP contribution in [0.5, 0.6) is 0 Å². The smallest absolute Gasteiger partial charge is 0.0791 e. The van der Waals surface area contributed by atoms with Crippen molar-refractivity contribution in [1.29, 1.82) is 0 Å². The molecule has 0 aromatic rings. The average molecular weight is 274 g/mol. The van der Waals surface area contributed by atoms with Gasteiger partial charge >= 0.3 is 0 Å². The monoisotopic (exact) mass is 274 g/mol. The Morgan fingerprint density at radius 2 is 1.74 bits per heavy atom. The minimum atomic E-state index is -0.382. The Labute approximate surface area is 116 Å². The summed E-state index contributed by atoms with van der Waals surface area (Å²) in [5.41, 5.74) is 0. The molecule has 5 nitrogen and oxygen atoms in total. The molecule has 2 atom stereocenters. The highest BCUT2D eigenvalue weighted by Gasteiger charge is 2.17. The molecule has 1 aliphatic rings. The maximum atomic E-state index is 9.97. The summed E-state index contributed by atoms with van der Waals surface area (Å²) in [6, 6.07) is 0. The number of β-amino-alcohol motifs (C(OH)–C–C–N with tert-alkyl or cyclic N) is 1. The van der Waals surface area contributed by atoms with Gasteiger partial charge in [0.2, 0.25) is 0 Å². The van der Waals surface area contributed by atoms with Crippen molar-refractivity contribution in [2.24, 2.45) is 5.92 Å². The van der Waals surface area contributed by atoms with Crippen molar-refractivity contribution in [3.05, 3.63) is 0 Å². The Hall–Kier alpha value is -0.200. The third-order valence-corrected chi connectivity index (χ3v) is 3.90. The highest BCUT2D eigenvalue weighted by Crippen LogP contribution is 2.12. The van der Waals surface area contributed by atoms with Crippen molar-refractivity contribution in [3.8, 4) is 0 Å². The fraction of sp³-hybridized carbons (Fsp3) is 1.00. The van der Waals surface area contributed by atoms with E-state index in [0.29, 0.717) is 25.6 Å². The van der Waals surface area contributed by atoms with E-state index in [0.717, 1.165) is 39.1 Å². The number of hydrogen-bond acceptors (Lipinski definition) is 5. The summed E-state index contributed by atoms with van der Waals surface area (Å²) in [4.78, 5) is 2.22. The van der Waals surface area contributed by atoms with E-state index in [1.807, 2.05) is 0 Å². The molecule has 19 heavy (non-hydrogen) atoms. The first-order chi connectivity index (χ1) is 9.17. The molecule has 5 heteroatoms. The maximum absolute atomic E-state index is 9.97. The van der Waals surface area contributed by atoms with Crippen LogP contribution in [0.4, 0.5) is 0 Å². The molecule has 1 heterocycles. The SMILES string of the molecule is CCC(CC)C(O)CNCC(O)CN1CCOCC1. The molecule has 1 aliphatic heterocycles. The van der Waals surface area contributed by atoms with Gasteiger partial charge in [0.1, 0.15) is 0 Å². The summed E-state index contributed by atoms with van der Waals surface area (Å²) >= 11 is 0. The summed E-state index contributed by atoms with van der Waals surface area (Å²) < 4.78 is 5.27. The van der Waals surface area contributed by atoms with E-state index < -0.39 is 0 Å². The molecule has 0 aliphatic carbocycles. The van der Waals surface area contributed by atoms with Gasteiger partial charge in [0.25, 0.3) is 0 Å². The van der Waals surface area contributed by atoms with Crippen LogP contribution in [0.3, 0.4) is 0 Å². The summed E-state index contributed by atoms with van der Waals surface area (Å²) in [6.45, 7) is 9.29. The molecule has 0 bridgehead atoms. The quantitative estimate of drug-likeness (QED) is 0.555. The van der Waals surface area contributed by atoms with Crippen LogP contribution in [0.25, 0.3) is 0 Å². The minimum Gasteiger partial charge on any atom is -0.392 e. The topological polar surface area (TPSA) is 65.0 Å². The third-order valence-electron chi connectivity index (χ3n) is 3.90. The number of ether oxygens (including phenoxy) is 1. The van der Waals surface area contributed by atoms with Crippen LogP contribution < -0.4 is 5.32 Å². The molecule has 0 aromatic carbocycles. The second kappa shape index (κ2) is 9.66. The molecule has 0 radical (unpaired) electrons. The Kier molecular flexibility index (Phi) is 8.57. The van der Waals surface area contributed by atoms with E-state index >= 15 is 0 Å². The van der Waals surface area contributed by atoms with Crippen molar-refractivity contribution in [3.63, 3.8) is 0 Å². The summed E-state index contributed by atoms with van der Waals surface area (Å²) in [7, 11) is 0. The van der Waals surface area contributed by atoms with Gasteiger partial charge in [-0.3, -0.25) is 4.90 Å². The first-order valence-electron chi connectivity index (χ1n) is 7.54. The number of nitrogens with zero attached hydrogens (tertiary/aromatic N) is 1. The van der Waals surface area contributed by atoms with Crippen molar-refractivity contribution in [2.75, 3.05) is 45.9 Å². The minimum absolute atomic E-state index is 0.314. The van der Waals surface area contributed by atoms with Crippen molar-refractivity contribution in [2.45, 2.75) is 38.9 Å². The molecule has 1 rings (SSSR count). The van der Waals surface area contributed by atoms with E-state index in [2.05, 4.69) is 24.1 Å². The highest BCUT2D eigenvalue weighted by molar-refractivity contribution is 4.72. The first kappa shape index (κ1) is 16.9. The second-order valence-electron chi connectivity index (χ2n) is 5.37. The lowest BCUT2D eigenvalue weighted by Gasteiger charge is -2.29. The van der Waals surface area contributed by atoms with E-state index in [9.17, 15) is 10.2 Å². The zero-order valence-corrected chi connectivity index (χ0v) is 12.3. The van der Waals surface area contributed by atoms with E-state index in [4.69, 9.17) is 4.74 Å². The van der Waals surface area contributed by atoms with Crippen molar-refractivity contribution in [1.82, 2.24) is 10.2 Å². The Balaban J connectivity index is 2.10. The number of nitrogens with one attached hydrogen (secondary N) is 1. The first-order valence-corrected chi connectivity index (χ1v) is 7.54. The number of morpholine rings is 1. The van der Waals surface area contributed by atoms with Crippen LogP contribution in [-0.2, 0) is 4.74 Å². The average Bonchev–Trinajstić information content (AvgIpc) is 2.41. The third kappa shape index (κ3) is 6.68. The normalized spacial score (nSPS) is 20.7. The van der Waals surface area contributed by atoms with Gasteiger partial charge in [0.05, 0.1) is 25.4 Å². The Morgan fingerprint density at radius 3 is 2.32 bits per heavy atom. The second-order valence-corrected chi connectivity index (χ2v) is 5.37. The molecule has 114 valence electrons. The molecular formula is C14H30N2O3. The summed E-state index contributed by atoms with van der Waals surface area (Å²) in [5, 5.41) is 23.1.